The summed E-state index contributed by atoms with van der Waals surface area (Å²) in [4.78, 5) is 25.9. The molecule has 1 aliphatic carbocycles. The quantitative estimate of drug-likeness (QED) is 0.514. The van der Waals surface area contributed by atoms with E-state index in [4.69, 9.17) is 5.73 Å². The first-order valence-electron chi connectivity index (χ1n) is 12.3. The molecule has 2 amide bonds. The minimum absolute atomic E-state index is 0.120. The van der Waals surface area contributed by atoms with Crippen LogP contribution in [0.1, 0.15) is 54.0 Å². The Hall–Kier alpha value is -2.75. The molecule has 2 atom stereocenters. The van der Waals surface area contributed by atoms with Crippen LogP contribution in [0.4, 0.5) is 0 Å². The number of aryl methyl sites for hydroxylation is 3. The van der Waals surface area contributed by atoms with Crippen LogP contribution in [0.3, 0.4) is 0 Å². The van der Waals surface area contributed by atoms with Crippen molar-refractivity contribution < 1.29 is 18.0 Å². The first-order chi connectivity index (χ1) is 16.8. The number of sulfonamides is 1. The maximum atomic E-state index is 13.3. The van der Waals surface area contributed by atoms with Crippen LogP contribution >= 0.6 is 0 Å². The summed E-state index contributed by atoms with van der Waals surface area (Å²) in [5.74, 6) is -0.781. The highest BCUT2D eigenvalue weighted by atomic mass is 32.2. The molecule has 8 nitrogen and oxygen atoms in total. The molecule has 1 saturated heterocycles. The highest BCUT2D eigenvalue weighted by Crippen LogP contribution is 2.31. The van der Waals surface area contributed by atoms with Crippen LogP contribution in [0.2, 0.25) is 0 Å². The predicted octanol–water partition coefficient (Wildman–Crippen LogP) is 1.96. The van der Waals surface area contributed by atoms with Crippen molar-refractivity contribution in [3.63, 3.8) is 0 Å². The molecule has 1 fully saturated rings. The topological polar surface area (TPSA) is 122 Å². The third-order valence-corrected chi connectivity index (χ3v) is 8.74. The molecule has 35 heavy (non-hydrogen) atoms. The van der Waals surface area contributed by atoms with E-state index in [1.165, 1.54) is 23.3 Å². The van der Waals surface area contributed by atoms with Gasteiger partial charge >= 0.3 is 0 Å². The SMILES string of the molecule is Cc1ccc(S(=O)(=O)N2CCNC(=O)[C@H]2CC(=O)NC2CCCc3cc(CCCN)ccc32)cc1. The van der Waals surface area contributed by atoms with Crippen LogP contribution in [0.15, 0.2) is 47.4 Å². The van der Waals surface area contributed by atoms with E-state index >= 15 is 0 Å². The van der Waals surface area contributed by atoms with E-state index in [1.807, 2.05) is 6.92 Å². The Morgan fingerprint density at radius 2 is 1.97 bits per heavy atom. The van der Waals surface area contributed by atoms with Gasteiger partial charge in [0.2, 0.25) is 21.8 Å². The zero-order valence-corrected chi connectivity index (χ0v) is 20.9. The summed E-state index contributed by atoms with van der Waals surface area (Å²) in [6.07, 6.45) is 4.37. The van der Waals surface area contributed by atoms with Gasteiger partial charge in [0.15, 0.2) is 0 Å². The Labute approximate surface area is 207 Å². The second-order valence-corrected chi connectivity index (χ2v) is 11.3. The molecule has 9 heteroatoms. The number of hydrogen-bond donors (Lipinski definition) is 3. The first-order valence-corrected chi connectivity index (χ1v) is 13.7. The van der Waals surface area contributed by atoms with Gasteiger partial charge in [-0.3, -0.25) is 9.59 Å². The summed E-state index contributed by atoms with van der Waals surface area (Å²) < 4.78 is 27.8. The van der Waals surface area contributed by atoms with Gasteiger partial charge in [-0.25, -0.2) is 8.42 Å². The third kappa shape index (κ3) is 5.74. The number of nitrogens with zero attached hydrogens (tertiary/aromatic N) is 1. The Morgan fingerprint density at radius 3 is 2.71 bits per heavy atom. The Bertz CT molecular complexity index is 1180. The largest absolute Gasteiger partial charge is 0.353 e. The Morgan fingerprint density at radius 1 is 1.20 bits per heavy atom. The molecule has 0 bridgehead atoms. The van der Waals surface area contributed by atoms with E-state index in [0.29, 0.717) is 6.54 Å². The molecule has 1 heterocycles. The second-order valence-electron chi connectivity index (χ2n) is 9.38. The van der Waals surface area contributed by atoms with Gasteiger partial charge < -0.3 is 16.4 Å². The number of carbonyl (C=O) groups excluding carboxylic acids is 2. The summed E-state index contributed by atoms with van der Waals surface area (Å²) in [6, 6.07) is 11.6. The van der Waals surface area contributed by atoms with Crippen LogP contribution in [-0.2, 0) is 32.5 Å². The number of amides is 2. The zero-order chi connectivity index (χ0) is 25.0. The summed E-state index contributed by atoms with van der Waals surface area (Å²) >= 11 is 0. The van der Waals surface area contributed by atoms with Crippen molar-refractivity contribution in [1.82, 2.24) is 14.9 Å². The third-order valence-electron chi connectivity index (χ3n) is 6.81. The lowest BCUT2D eigenvalue weighted by molar-refractivity contribution is -0.132. The van der Waals surface area contributed by atoms with Crippen LogP contribution in [0, 0.1) is 6.92 Å². The number of carbonyl (C=O) groups is 2. The van der Waals surface area contributed by atoms with Crippen molar-refractivity contribution in [2.75, 3.05) is 19.6 Å². The number of benzene rings is 2. The average molecular weight is 499 g/mol. The Balaban J connectivity index is 1.48. The average Bonchev–Trinajstić information content (AvgIpc) is 2.84. The van der Waals surface area contributed by atoms with Gasteiger partial charge in [0.1, 0.15) is 6.04 Å². The standard InChI is InChI=1S/C26H34N4O4S/c1-18-7-10-21(11-8-18)35(33,34)30-15-14-28-26(32)24(30)17-25(31)29-23-6-2-5-20-16-19(4-3-13-27)9-12-22(20)23/h7-12,16,23-24H,2-6,13-15,17,27H2,1H3,(H,28,32)(H,29,31)/t23?,24-/m1/s1. The molecule has 188 valence electrons. The molecule has 2 aromatic carbocycles. The van der Waals surface area contributed by atoms with Gasteiger partial charge in [0, 0.05) is 13.1 Å². The van der Waals surface area contributed by atoms with Crippen molar-refractivity contribution in [3.05, 3.63) is 64.7 Å². The van der Waals surface area contributed by atoms with Crippen LogP contribution in [0.5, 0.6) is 0 Å². The second kappa shape index (κ2) is 10.9. The van der Waals surface area contributed by atoms with Crippen LogP contribution < -0.4 is 16.4 Å². The van der Waals surface area contributed by atoms with Gasteiger partial charge in [0.05, 0.1) is 17.4 Å². The normalized spacial score (nSPS) is 20.7. The molecular weight excluding hydrogens is 464 g/mol. The van der Waals surface area contributed by atoms with Crippen LogP contribution in [-0.4, -0.2) is 50.2 Å². The molecule has 2 aromatic rings. The van der Waals surface area contributed by atoms with Gasteiger partial charge in [-0.1, -0.05) is 35.9 Å². The van der Waals surface area contributed by atoms with Crippen molar-refractivity contribution >= 4 is 21.8 Å². The lowest BCUT2D eigenvalue weighted by atomic mass is 9.86. The van der Waals surface area contributed by atoms with E-state index in [1.54, 1.807) is 12.1 Å². The lowest BCUT2D eigenvalue weighted by Crippen LogP contribution is -2.58. The zero-order valence-electron chi connectivity index (χ0n) is 20.1. The van der Waals surface area contributed by atoms with E-state index in [-0.39, 0.29) is 36.4 Å². The van der Waals surface area contributed by atoms with E-state index in [2.05, 4.69) is 28.8 Å². The van der Waals surface area contributed by atoms with E-state index in [9.17, 15) is 18.0 Å². The molecule has 1 aliphatic heterocycles. The smallest absolute Gasteiger partial charge is 0.243 e. The molecule has 0 saturated carbocycles. The number of nitrogens with two attached hydrogens (primary N) is 1. The molecule has 0 spiro atoms. The summed E-state index contributed by atoms with van der Waals surface area (Å²) in [5.41, 5.74) is 10.2. The highest BCUT2D eigenvalue weighted by molar-refractivity contribution is 7.89. The number of nitrogens with one attached hydrogen (secondary N) is 2. The minimum atomic E-state index is -3.92. The molecule has 0 aromatic heterocycles. The summed E-state index contributed by atoms with van der Waals surface area (Å²) in [5, 5.41) is 5.77. The predicted molar refractivity (Wildman–Crippen MR) is 134 cm³/mol. The number of piperazine rings is 1. The van der Waals surface area contributed by atoms with Crippen LogP contribution in [0.25, 0.3) is 0 Å². The number of rotatable bonds is 8. The highest BCUT2D eigenvalue weighted by Gasteiger charge is 2.40. The monoisotopic (exact) mass is 498 g/mol. The van der Waals surface area contributed by atoms with Gasteiger partial charge in [-0.15, -0.1) is 0 Å². The Kier molecular flexibility index (Phi) is 7.88. The van der Waals surface area contributed by atoms with E-state index < -0.39 is 22.0 Å². The molecule has 4 rings (SSSR count). The van der Waals surface area contributed by atoms with Crippen molar-refractivity contribution in [1.29, 1.82) is 0 Å². The maximum absolute atomic E-state index is 13.3. The van der Waals surface area contributed by atoms with Gasteiger partial charge in [0.25, 0.3) is 0 Å². The molecule has 0 radical (unpaired) electrons. The fourth-order valence-corrected chi connectivity index (χ4v) is 6.52. The number of hydrogen-bond acceptors (Lipinski definition) is 5. The van der Waals surface area contributed by atoms with Crippen molar-refractivity contribution in [3.8, 4) is 0 Å². The minimum Gasteiger partial charge on any atom is -0.353 e. The molecule has 1 unspecified atom stereocenters. The van der Waals surface area contributed by atoms with Crippen molar-refractivity contribution in [2.45, 2.75) is 62.4 Å². The molecule has 2 aliphatic rings. The first kappa shape index (κ1) is 25.3. The molecular formula is C26H34N4O4S. The van der Waals surface area contributed by atoms with Crippen molar-refractivity contribution in [2.24, 2.45) is 5.73 Å². The van der Waals surface area contributed by atoms with E-state index in [0.717, 1.165) is 47.5 Å². The molecule has 4 N–H and O–H groups in total. The fraction of sp³-hybridized carbons (Fsp3) is 0.462. The number of fused-ring (bicyclic) bond motifs is 1. The fourth-order valence-electron chi connectivity index (χ4n) is 4.93. The maximum Gasteiger partial charge on any atom is 0.243 e. The summed E-state index contributed by atoms with van der Waals surface area (Å²) in [7, 11) is -3.92. The van der Waals surface area contributed by atoms with Gasteiger partial charge in [-0.05, 0) is 74.4 Å². The van der Waals surface area contributed by atoms with Gasteiger partial charge in [-0.2, -0.15) is 4.31 Å². The summed E-state index contributed by atoms with van der Waals surface area (Å²) in [6.45, 7) is 2.87. The lowest BCUT2D eigenvalue weighted by Gasteiger charge is -2.34.